The lowest BCUT2D eigenvalue weighted by Gasteiger charge is -2.22. The molecular weight excluding hydrogens is 222 g/mol. The highest BCUT2D eigenvalue weighted by Gasteiger charge is 2.09. The van der Waals surface area contributed by atoms with Crippen molar-refractivity contribution in [3.05, 3.63) is 35.9 Å². The summed E-state index contributed by atoms with van der Waals surface area (Å²) in [6.07, 6.45) is 0. The van der Waals surface area contributed by atoms with Gasteiger partial charge in [-0.2, -0.15) is 0 Å². The van der Waals surface area contributed by atoms with Crippen LogP contribution in [0, 0.1) is 0 Å². The zero-order valence-electron chi connectivity index (χ0n) is 9.97. The molecule has 0 aliphatic carbocycles. The summed E-state index contributed by atoms with van der Waals surface area (Å²) >= 11 is 0.921. The van der Waals surface area contributed by atoms with Crippen LogP contribution in [0.25, 0.3) is 0 Å². The predicted octanol–water partition coefficient (Wildman–Crippen LogP) is 2.20. The third-order valence-electron chi connectivity index (χ3n) is 1.99. The van der Waals surface area contributed by atoms with E-state index in [1.54, 1.807) is 12.1 Å². The SMILES string of the molecule is C[N+](C)(C)CCOSC(=O)c1ccccc1. The van der Waals surface area contributed by atoms with Gasteiger partial charge in [0.15, 0.2) is 0 Å². The first kappa shape index (κ1) is 13.2. The normalized spacial score (nSPS) is 11.4. The maximum atomic E-state index is 11.6. The van der Waals surface area contributed by atoms with Gasteiger partial charge in [-0.25, -0.2) is 0 Å². The lowest BCUT2D eigenvalue weighted by molar-refractivity contribution is -0.870. The molecule has 0 saturated carbocycles. The number of nitrogens with zero attached hydrogens (tertiary/aromatic N) is 1. The van der Waals surface area contributed by atoms with Crippen molar-refractivity contribution >= 4 is 17.2 Å². The molecule has 88 valence electrons. The predicted molar refractivity (Wildman–Crippen MR) is 67.2 cm³/mol. The van der Waals surface area contributed by atoms with E-state index in [0.717, 1.165) is 23.1 Å². The Morgan fingerprint density at radius 2 is 1.88 bits per heavy atom. The second-order valence-corrected chi connectivity index (χ2v) is 5.35. The van der Waals surface area contributed by atoms with Crippen molar-refractivity contribution in [2.75, 3.05) is 34.3 Å². The fraction of sp³-hybridized carbons (Fsp3) is 0.417. The van der Waals surface area contributed by atoms with Crippen LogP contribution in [0.3, 0.4) is 0 Å². The zero-order chi connectivity index (χ0) is 12.0. The van der Waals surface area contributed by atoms with Gasteiger partial charge in [0.1, 0.15) is 13.2 Å². The molecule has 4 heteroatoms. The Hall–Kier alpha value is -0.840. The summed E-state index contributed by atoms with van der Waals surface area (Å²) in [5.41, 5.74) is 0.678. The molecule has 1 aromatic carbocycles. The van der Waals surface area contributed by atoms with E-state index in [1.165, 1.54) is 0 Å². The number of carbonyl (C=O) groups is 1. The van der Waals surface area contributed by atoms with Gasteiger partial charge in [0.25, 0.3) is 0 Å². The molecule has 0 amide bonds. The van der Waals surface area contributed by atoms with Gasteiger partial charge in [-0.05, 0) is 0 Å². The van der Waals surface area contributed by atoms with Gasteiger partial charge in [0.05, 0.1) is 33.2 Å². The molecule has 0 bridgehead atoms. The van der Waals surface area contributed by atoms with Crippen molar-refractivity contribution in [1.29, 1.82) is 0 Å². The summed E-state index contributed by atoms with van der Waals surface area (Å²) < 4.78 is 6.11. The molecule has 0 unspecified atom stereocenters. The molecule has 1 aromatic rings. The van der Waals surface area contributed by atoms with E-state index in [0.29, 0.717) is 12.2 Å². The number of benzene rings is 1. The Morgan fingerprint density at radius 1 is 1.25 bits per heavy atom. The van der Waals surface area contributed by atoms with Gasteiger partial charge in [-0.15, -0.1) is 0 Å². The van der Waals surface area contributed by atoms with Crippen LogP contribution in [0.15, 0.2) is 30.3 Å². The van der Waals surface area contributed by atoms with Crippen LogP contribution in [0.1, 0.15) is 10.4 Å². The summed E-state index contributed by atoms with van der Waals surface area (Å²) in [6, 6.07) is 9.16. The molecule has 16 heavy (non-hydrogen) atoms. The molecule has 1 rings (SSSR count). The number of hydrogen-bond acceptors (Lipinski definition) is 3. The van der Waals surface area contributed by atoms with Crippen LogP contribution < -0.4 is 0 Å². The maximum Gasteiger partial charge on any atom is 0.246 e. The van der Waals surface area contributed by atoms with Crippen LogP contribution in [0.5, 0.6) is 0 Å². The Bertz CT molecular complexity index is 333. The summed E-state index contributed by atoms with van der Waals surface area (Å²) in [6.45, 7) is 1.46. The quantitative estimate of drug-likeness (QED) is 0.448. The lowest BCUT2D eigenvalue weighted by atomic mass is 10.2. The monoisotopic (exact) mass is 240 g/mol. The molecule has 0 aromatic heterocycles. The van der Waals surface area contributed by atoms with E-state index in [-0.39, 0.29) is 5.12 Å². The van der Waals surface area contributed by atoms with Crippen molar-refractivity contribution in [3.8, 4) is 0 Å². The lowest BCUT2D eigenvalue weighted by Crippen LogP contribution is -2.37. The van der Waals surface area contributed by atoms with Crippen LogP contribution in [-0.2, 0) is 4.18 Å². The van der Waals surface area contributed by atoms with Crippen LogP contribution >= 0.6 is 12.0 Å². The van der Waals surface area contributed by atoms with E-state index >= 15 is 0 Å². The Morgan fingerprint density at radius 3 is 2.44 bits per heavy atom. The van der Waals surface area contributed by atoms with Crippen LogP contribution in [0.2, 0.25) is 0 Å². The highest BCUT2D eigenvalue weighted by Crippen LogP contribution is 2.13. The van der Waals surface area contributed by atoms with E-state index < -0.39 is 0 Å². The smallest absolute Gasteiger partial charge is 0.246 e. The number of quaternary nitrogens is 1. The fourth-order valence-corrected chi connectivity index (χ4v) is 1.53. The average molecular weight is 240 g/mol. The molecule has 0 atom stereocenters. The first-order valence-corrected chi connectivity index (χ1v) is 5.92. The molecule has 3 nitrogen and oxygen atoms in total. The molecule has 0 N–H and O–H groups in total. The second-order valence-electron chi connectivity index (χ2n) is 4.57. The topological polar surface area (TPSA) is 26.3 Å². The Kier molecular flexibility index (Phi) is 4.99. The molecule has 0 heterocycles. The van der Waals surface area contributed by atoms with Crippen LogP contribution in [-0.4, -0.2) is 43.9 Å². The number of rotatable bonds is 5. The first-order valence-electron chi connectivity index (χ1n) is 5.18. The van der Waals surface area contributed by atoms with Gasteiger partial charge >= 0.3 is 0 Å². The molecule has 0 fully saturated rings. The minimum Gasteiger partial charge on any atom is -0.329 e. The summed E-state index contributed by atoms with van der Waals surface area (Å²) in [7, 11) is 6.27. The van der Waals surface area contributed by atoms with Gasteiger partial charge < -0.3 is 8.67 Å². The van der Waals surface area contributed by atoms with Gasteiger partial charge in [0.2, 0.25) is 5.12 Å². The molecule has 0 aliphatic heterocycles. The number of carbonyl (C=O) groups excluding carboxylic acids is 1. The molecule has 0 spiro atoms. The van der Waals surface area contributed by atoms with Crippen molar-refractivity contribution < 1.29 is 13.5 Å². The molecule has 0 saturated heterocycles. The van der Waals surface area contributed by atoms with Crippen molar-refractivity contribution in [2.45, 2.75) is 0 Å². The van der Waals surface area contributed by atoms with E-state index in [2.05, 4.69) is 21.1 Å². The molecule has 0 radical (unpaired) electrons. The van der Waals surface area contributed by atoms with E-state index in [4.69, 9.17) is 4.18 Å². The second kappa shape index (κ2) is 6.03. The largest absolute Gasteiger partial charge is 0.329 e. The van der Waals surface area contributed by atoms with E-state index in [9.17, 15) is 4.79 Å². The maximum absolute atomic E-state index is 11.6. The Balaban J connectivity index is 2.27. The third-order valence-corrected chi connectivity index (χ3v) is 2.66. The zero-order valence-corrected chi connectivity index (χ0v) is 10.8. The minimum atomic E-state index is -0.0398. The summed E-state index contributed by atoms with van der Waals surface area (Å²) in [4.78, 5) is 11.6. The first-order chi connectivity index (χ1) is 7.49. The van der Waals surface area contributed by atoms with Crippen LogP contribution in [0.4, 0.5) is 0 Å². The highest BCUT2D eigenvalue weighted by molar-refractivity contribution is 8.10. The number of hydrogen-bond donors (Lipinski definition) is 0. The molecular formula is C12H18NO2S+. The van der Waals surface area contributed by atoms with E-state index in [1.807, 2.05) is 18.2 Å². The van der Waals surface area contributed by atoms with Crippen molar-refractivity contribution in [3.63, 3.8) is 0 Å². The highest BCUT2D eigenvalue weighted by atomic mass is 32.2. The number of likely N-dealkylation sites (N-methyl/N-ethyl adjacent to an activating group) is 1. The van der Waals surface area contributed by atoms with Gasteiger partial charge in [-0.1, -0.05) is 30.3 Å². The summed E-state index contributed by atoms with van der Waals surface area (Å²) in [5.74, 6) is 0. The third kappa shape index (κ3) is 5.30. The minimum absolute atomic E-state index is 0.0398. The molecule has 0 aliphatic rings. The van der Waals surface area contributed by atoms with Gasteiger partial charge in [-0.3, -0.25) is 4.79 Å². The summed E-state index contributed by atoms with van der Waals surface area (Å²) in [5, 5.41) is -0.0398. The average Bonchev–Trinajstić information content (AvgIpc) is 2.24. The fourth-order valence-electron chi connectivity index (χ4n) is 1.03. The van der Waals surface area contributed by atoms with Crippen molar-refractivity contribution in [2.24, 2.45) is 0 Å². The van der Waals surface area contributed by atoms with Gasteiger partial charge in [0, 0.05) is 5.56 Å². The standard InChI is InChI=1S/C12H18NO2S/c1-13(2,3)9-10-15-16-12(14)11-7-5-4-6-8-11/h4-8H,9-10H2,1-3H3/q+1. The van der Waals surface area contributed by atoms with Crippen molar-refractivity contribution in [1.82, 2.24) is 0 Å². The Labute approximate surface area is 101 Å².